The van der Waals surface area contributed by atoms with Crippen molar-refractivity contribution in [2.45, 2.75) is 31.2 Å². The Morgan fingerprint density at radius 1 is 1.25 bits per heavy atom. The van der Waals surface area contributed by atoms with E-state index in [0.29, 0.717) is 6.54 Å². The van der Waals surface area contributed by atoms with Crippen molar-refractivity contribution >= 4 is 15.9 Å². The second kappa shape index (κ2) is 7.63. The van der Waals surface area contributed by atoms with Gasteiger partial charge in [0, 0.05) is 12.0 Å². The van der Waals surface area contributed by atoms with E-state index < -0.39 is 16.1 Å². The SMILES string of the molecule is C[C@@H](NS(C)(=O)=O)C(=O)NCC1(c2ccccc2)CCN(C)CC1. The van der Waals surface area contributed by atoms with Gasteiger partial charge in [-0.25, -0.2) is 13.1 Å². The molecule has 1 aromatic carbocycles. The van der Waals surface area contributed by atoms with Crippen LogP contribution in [-0.4, -0.2) is 58.2 Å². The van der Waals surface area contributed by atoms with Crippen LogP contribution in [0, 0.1) is 0 Å². The monoisotopic (exact) mass is 353 g/mol. The third-order valence-electron chi connectivity index (χ3n) is 4.72. The molecule has 0 saturated carbocycles. The lowest BCUT2D eigenvalue weighted by Crippen LogP contribution is -2.51. The van der Waals surface area contributed by atoms with Crippen molar-refractivity contribution in [2.24, 2.45) is 0 Å². The molecule has 0 bridgehead atoms. The highest BCUT2D eigenvalue weighted by Crippen LogP contribution is 2.34. The van der Waals surface area contributed by atoms with Crippen LogP contribution >= 0.6 is 0 Å². The molecule has 1 amide bonds. The van der Waals surface area contributed by atoms with E-state index in [1.165, 1.54) is 5.56 Å². The molecule has 2 N–H and O–H groups in total. The van der Waals surface area contributed by atoms with Crippen LogP contribution in [-0.2, 0) is 20.2 Å². The fraction of sp³-hybridized carbons (Fsp3) is 0.588. The van der Waals surface area contributed by atoms with Crippen molar-refractivity contribution in [3.8, 4) is 0 Å². The van der Waals surface area contributed by atoms with Crippen molar-refractivity contribution in [2.75, 3.05) is 32.9 Å². The number of amides is 1. The number of nitrogens with one attached hydrogen (secondary N) is 2. The molecular weight excluding hydrogens is 326 g/mol. The van der Waals surface area contributed by atoms with E-state index in [0.717, 1.165) is 32.2 Å². The first kappa shape index (κ1) is 18.9. The van der Waals surface area contributed by atoms with Gasteiger partial charge < -0.3 is 10.2 Å². The minimum Gasteiger partial charge on any atom is -0.354 e. The minimum atomic E-state index is -3.40. The van der Waals surface area contributed by atoms with Gasteiger partial charge in [-0.05, 0) is 45.5 Å². The van der Waals surface area contributed by atoms with E-state index in [4.69, 9.17) is 0 Å². The summed E-state index contributed by atoms with van der Waals surface area (Å²) in [7, 11) is -1.30. The van der Waals surface area contributed by atoms with Crippen LogP contribution < -0.4 is 10.0 Å². The molecule has 1 atom stereocenters. The van der Waals surface area contributed by atoms with Crippen molar-refractivity contribution < 1.29 is 13.2 Å². The highest BCUT2D eigenvalue weighted by molar-refractivity contribution is 7.88. The molecule has 0 aliphatic carbocycles. The van der Waals surface area contributed by atoms with Crippen LogP contribution in [0.2, 0.25) is 0 Å². The second-order valence-corrected chi connectivity index (χ2v) is 8.56. The van der Waals surface area contributed by atoms with E-state index in [9.17, 15) is 13.2 Å². The third kappa shape index (κ3) is 5.03. The lowest BCUT2D eigenvalue weighted by atomic mass is 9.72. The van der Waals surface area contributed by atoms with Crippen molar-refractivity contribution in [3.05, 3.63) is 35.9 Å². The number of likely N-dealkylation sites (tertiary alicyclic amines) is 1. The summed E-state index contributed by atoms with van der Waals surface area (Å²) in [5.41, 5.74) is 1.12. The molecule has 0 radical (unpaired) electrons. The summed E-state index contributed by atoms with van der Waals surface area (Å²) in [6, 6.07) is 9.46. The van der Waals surface area contributed by atoms with Gasteiger partial charge in [0.25, 0.3) is 0 Å². The molecule has 7 heteroatoms. The summed E-state index contributed by atoms with van der Waals surface area (Å²) >= 11 is 0. The smallest absolute Gasteiger partial charge is 0.237 e. The molecule has 2 rings (SSSR count). The van der Waals surface area contributed by atoms with Crippen LogP contribution in [0.4, 0.5) is 0 Å². The quantitative estimate of drug-likeness (QED) is 0.789. The van der Waals surface area contributed by atoms with Gasteiger partial charge in [0.15, 0.2) is 0 Å². The fourth-order valence-electron chi connectivity index (χ4n) is 3.19. The highest BCUT2D eigenvalue weighted by Gasteiger charge is 2.36. The maximum Gasteiger partial charge on any atom is 0.237 e. The number of piperidine rings is 1. The average molecular weight is 353 g/mol. The summed E-state index contributed by atoms with van der Waals surface area (Å²) in [4.78, 5) is 14.5. The van der Waals surface area contributed by atoms with Gasteiger partial charge in [0.05, 0.1) is 12.3 Å². The Labute approximate surface area is 144 Å². The number of carbonyl (C=O) groups is 1. The standard InChI is InChI=1S/C17H27N3O3S/c1-14(19-24(3,22)23)16(21)18-13-17(9-11-20(2)12-10-17)15-7-5-4-6-8-15/h4-8,14,19H,9-13H2,1-3H3,(H,18,21)/t14-/m1/s1. The Bertz CT molecular complexity index is 653. The topological polar surface area (TPSA) is 78.5 Å². The van der Waals surface area contributed by atoms with Crippen LogP contribution in [0.3, 0.4) is 0 Å². The van der Waals surface area contributed by atoms with Crippen molar-refractivity contribution in [1.82, 2.24) is 14.9 Å². The van der Waals surface area contributed by atoms with Crippen LogP contribution in [0.5, 0.6) is 0 Å². The van der Waals surface area contributed by atoms with E-state index in [1.54, 1.807) is 6.92 Å². The molecule has 1 saturated heterocycles. The molecule has 0 spiro atoms. The number of sulfonamides is 1. The van der Waals surface area contributed by atoms with Gasteiger partial charge in [-0.2, -0.15) is 0 Å². The first-order chi connectivity index (χ1) is 11.2. The Balaban J connectivity index is 2.08. The zero-order chi connectivity index (χ0) is 17.8. The predicted molar refractivity (Wildman–Crippen MR) is 95.3 cm³/mol. The molecule has 134 valence electrons. The van der Waals surface area contributed by atoms with Gasteiger partial charge >= 0.3 is 0 Å². The number of rotatable bonds is 6. The van der Waals surface area contributed by atoms with E-state index >= 15 is 0 Å². The average Bonchev–Trinajstić information content (AvgIpc) is 2.53. The Morgan fingerprint density at radius 2 is 1.83 bits per heavy atom. The molecule has 0 unspecified atom stereocenters. The van der Waals surface area contributed by atoms with Gasteiger partial charge in [0.2, 0.25) is 15.9 Å². The van der Waals surface area contributed by atoms with E-state index in [2.05, 4.69) is 34.1 Å². The van der Waals surface area contributed by atoms with Gasteiger partial charge in [-0.15, -0.1) is 0 Å². The summed E-state index contributed by atoms with van der Waals surface area (Å²) in [6.07, 6.45) is 2.97. The summed E-state index contributed by atoms with van der Waals surface area (Å²) in [6.45, 7) is 4.02. The lowest BCUT2D eigenvalue weighted by Gasteiger charge is -2.41. The number of hydrogen-bond donors (Lipinski definition) is 2. The maximum atomic E-state index is 12.3. The third-order valence-corrected chi connectivity index (χ3v) is 5.50. The van der Waals surface area contributed by atoms with Crippen LogP contribution in [0.25, 0.3) is 0 Å². The molecule has 1 fully saturated rings. The zero-order valence-corrected chi connectivity index (χ0v) is 15.4. The number of hydrogen-bond acceptors (Lipinski definition) is 4. The number of nitrogens with zero attached hydrogens (tertiary/aromatic N) is 1. The maximum absolute atomic E-state index is 12.3. The van der Waals surface area contributed by atoms with Crippen LogP contribution in [0.15, 0.2) is 30.3 Å². The summed E-state index contributed by atoms with van der Waals surface area (Å²) in [5.74, 6) is -0.297. The first-order valence-corrected chi connectivity index (χ1v) is 10.1. The first-order valence-electron chi connectivity index (χ1n) is 8.21. The molecule has 1 aliphatic rings. The Kier molecular flexibility index (Phi) is 6.01. The molecule has 1 heterocycles. The lowest BCUT2D eigenvalue weighted by molar-refractivity contribution is -0.122. The van der Waals surface area contributed by atoms with Crippen molar-refractivity contribution in [3.63, 3.8) is 0 Å². The molecule has 0 aromatic heterocycles. The van der Waals surface area contributed by atoms with Gasteiger partial charge in [-0.3, -0.25) is 4.79 Å². The fourth-order valence-corrected chi connectivity index (χ4v) is 3.94. The molecule has 1 aliphatic heterocycles. The van der Waals surface area contributed by atoms with Gasteiger partial charge in [0.1, 0.15) is 0 Å². The summed E-state index contributed by atoms with van der Waals surface area (Å²) in [5, 5.41) is 2.94. The predicted octanol–water partition coefficient (Wildman–Crippen LogP) is 0.704. The summed E-state index contributed by atoms with van der Waals surface area (Å²) < 4.78 is 24.9. The molecule has 1 aromatic rings. The number of carbonyl (C=O) groups excluding carboxylic acids is 1. The van der Waals surface area contributed by atoms with Crippen LogP contribution in [0.1, 0.15) is 25.3 Å². The Morgan fingerprint density at radius 3 is 2.38 bits per heavy atom. The second-order valence-electron chi connectivity index (χ2n) is 6.78. The van der Waals surface area contributed by atoms with Gasteiger partial charge in [-0.1, -0.05) is 30.3 Å². The molecule has 6 nitrogen and oxygen atoms in total. The zero-order valence-electron chi connectivity index (χ0n) is 14.6. The normalized spacial score (nSPS) is 19.6. The Hall–Kier alpha value is -1.44. The minimum absolute atomic E-state index is 0.103. The number of benzene rings is 1. The van der Waals surface area contributed by atoms with E-state index in [-0.39, 0.29) is 11.3 Å². The molecular formula is C17H27N3O3S. The van der Waals surface area contributed by atoms with E-state index in [1.807, 2.05) is 18.2 Å². The highest BCUT2D eigenvalue weighted by atomic mass is 32.2. The largest absolute Gasteiger partial charge is 0.354 e. The molecule has 24 heavy (non-hydrogen) atoms. The van der Waals surface area contributed by atoms with Crippen molar-refractivity contribution in [1.29, 1.82) is 0 Å².